The van der Waals surface area contributed by atoms with Crippen molar-refractivity contribution in [3.63, 3.8) is 0 Å². The van der Waals surface area contributed by atoms with Gasteiger partial charge in [0.2, 0.25) is 5.91 Å². The van der Waals surface area contributed by atoms with Gasteiger partial charge in [-0.1, -0.05) is 66.7 Å². The smallest absolute Gasteiger partial charge is 0.326 e. The fraction of sp³-hybridized carbons (Fsp3) is 0.130. The van der Waals surface area contributed by atoms with Crippen LogP contribution in [0.4, 0.5) is 4.39 Å². The number of fused-ring (bicyclic) bond motifs is 3. The third-order valence-corrected chi connectivity index (χ3v) is 5.09. The number of carbonyl (C=O) groups is 2. The molecule has 0 saturated heterocycles. The van der Waals surface area contributed by atoms with Crippen LogP contribution >= 0.6 is 0 Å². The predicted octanol–water partition coefficient (Wildman–Crippen LogP) is 3.75. The fourth-order valence-corrected chi connectivity index (χ4v) is 3.78. The Morgan fingerprint density at radius 3 is 2.00 bits per heavy atom. The van der Waals surface area contributed by atoms with E-state index in [0.717, 1.165) is 22.3 Å². The van der Waals surface area contributed by atoms with E-state index in [1.165, 1.54) is 12.1 Å². The Balaban J connectivity index is 1.63. The zero-order valence-corrected chi connectivity index (χ0v) is 14.9. The highest BCUT2D eigenvalue weighted by Crippen LogP contribution is 2.44. The Morgan fingerprint density at radius 2 is 1.43 bits per heavy atom. The van der Waals surface area contributed by atoms with Crippen LogP contribution in [0.3, 0.4) is 0 Å². The minimum Gasteiger partial charge on any atom is -0.480 e. The number of carboxylic acid groups (broad SMARTS) is 1. The van der Waals surface area contributed by atoms with Gasteiger partial charge in [0.1, 0.15) is 11.9 Å². The number of hydrogen-bond acceptors (Lipinski definition) is 2. The van der Waals surface area contributed by atoms with Crippen molar-refractivity contribution in [2.75, 3.05) is 0 Å². The van der Waals surface area contributed by atoms with Gasteiger partial charge >= 0.3 is 5.97 Å². The van der Waals surface area contributed by atoms with Crippen LogP contribution in [-0.4, -0.2) is 23.0 Å². The summed E-state index contributed by atoms with van der Waals surface area (Å²) >= 11 is 0. The summed E-state index contributed by atoms with van der Waals surface area (Å²) in [4.78, 5) is 24.8. The second-order valence-corrected chi connectivity index (χ2v) is 6.80. The summed E-state index contributed by atoms with van der Waals surface area (Å²) in [5, 5.41) is 12.2. The van der Waals surface area contributed by atoms with Crippen molar-refractivity contribution in [2.45, 2.75) is 18.4 Å². The number of halogens is 1. The second-order valence-electron chi connectivity index (χ2n) is 6.80. The van der Waals surface area contributed by atoms with Gasteiger partial charge in [-0.05, 0) is 33.9 Å². The molecule has 140 valence electrons. The van der Waals surface area contributed by atoms with Crippen molar-refractivity contribution in [1.82, 2.24) is 5.32 Å². The number of carbonyl (C=O) groups excluding carboxylic acids is 1. The van der Waals surface area contributed by atoms with Gasteiger partial charge in [0, 0.05) is 6.42 Å². The Hall–Kier alpha value is -3.47. The third kappa shape index (κ3) is 3.16. The van der Waals surface area contributed by atoms with Crippen LogP contribution in [0, 0.1) is 5.82 Å². The van der Waals surface area contributed by atoms with Crippen molar-refractivity contribution in [2.24, 2.45) is 0 Å². The molecular weight excluding hydrogens is 357 g/mol. The number of aliphatic carboxylic acids is 1. The van der Waals surface area contributed by atoms with Gasteiger partial charge in [-0.25, -0.2) is 9.18 Å². The molecule has 28 heavy (non-hydrogen) atoms. The Labute approximate surface area is 161 Å². The molecule has 4 nitrogen and oxygen atoms in total. The topological polar surface area (TPSA) is 66.4 Å². The van der Waals surface area contributed by atoms with Gasteiger partial charge < -0.3 is 10.4 Å². The van der Waals surface area contributed by atoms with E-state index in [0.29, 0.717) is 0 Å². The summed E-state index contributed by atoms with van der Waals surface area (Å²) in [5.41, 5.74) is 3.88. The number of carboxylic acids is 1. The van der Waals surface area contributed by atoms with Crippen molar-refractivity contribution in [3.05, 3.63) is 95.3 Å². The zero-order chi connectivity index (χ0) is 19.7. The average molecular weight is 375 g/mol. The molecule has 1 aliphatic rings. The number of hydrogen-bond donors (Lipinski definition) is 2. The molecule has 1 atom stereocenters. The van der Waals surface area contributed by atoms with Crippen molar-refractivity contribution in [1.29, 1.82) is 0 Å². The van der Waals surface area contributed by atoms with Gasteiger partial charge in [0.25, 0.3) is 0 Å². The average Bonchev–Trinajstić information content (AvgIpc) is 3.03. The Morgan fingerprint density at radius 1 is 0.893 bits per heavy atom. The predicted molar refractivity (Wildman–Crippen MR) is 103 cm³/mol. The van der Waals surface area contributed by atoms with E-state index >= 15 is 0 Å². The lowest BCUT2D eigenvalue weighted by atomic mass is 9.95. The molecule has 1 aliphatic carbocycles. The first-order valence-corrected chi connectivity index (χ1v) is 9.01. The lowest BCUT2D eigenvalue weighted by molar-refractivity contribution is -0.141. The lowest BCUT2D eigenvalue weighted by Crippen LogP contribution is -2.44. The van der Waals surface area contributed by atoms with E-state index in [-0.39, 0.29) is 12.0 Å². The number of amides is 1. The van der Waals surface area contributed by atoms with Gasteiger partial charge in [0.05, 0.1) is 5.92 Å². The normalized spacial score (nSPS) is 13.5. The summed E-state index contributed by atoms with van der Waals surface area (Å²) in [7, 11) is 0. The van der Waals surface area contributed by atoms with Crippen molar-refractivity contribution >= 4 is 11.9 Å². The molecule has 0 spiro atoms. The lowest BCUT2D eigenvalue weighted by Gasteiger charge is -2.19. The highest BCUT2D eigenvalue weighted by Gasteiger charge is 2.35. The zero-order valence-electron chi connectivity index (χ0n) is 14.9. The molecular formula is C23H18FNO3. The monoisotopic (exact) mass is 375 g/mol. The minimum absolute atomic E-state index is 0.121. The van der Waals surface area contributed by atoms with Crippen LogP contribution in [-0.2, 0) is 16.0 Å². The van der Waals surface area contributed by atoms with Crippen LogP contribution < -0.4 is 5.32 Å². The van der Waals surface area contributed by atoms with Crippen molar-refractivity contribution < 1.29 is 19.1 Å². The highest BCUT2D eigenvalue weighted by atomic mass is 19.1. The van der Waals surface area contributed by atoms with Gasteiger partial charge in [-0.2, -0.15) is 0 Å². The van der Waals surface area contributed by atoms with E-state index in [9.17, 15) is 19.1 Å². The summed E-state index contributed by atoms with van der Waals surface area (Å²) in [6.07, 6.45) is -0.121. The molecule has 3 aromatic rings. The van der Waals surface area contributed by atoms with E-state index in [4.69, 9.17) is 0 Å². The first-order chi connectivity index (χ1) is 13.6. The van der Waals surface area contributed by atoms with Gasteiger partial charge in [-0.3, -0.25) is 4.79 Å². The van der Waals surface area contributed by atoms with Crippen LogP contribution in [0.5, 0.6) is 0 Å². The molecule has 4 rings (SSSR count). The summed E-state index contributed by atoms with van der Waals surface area (Å²) in [5.74, 6) is -2.67. The molecule has 0 heterocycles. The van der Waals surface area contributed by atoms with E-state index < -0.39 is 29.7 Å². The molecule has 0 saturated carbocycles. The molecule has 0 aromatic heterocycles. The van der Waals surface area contributed by atoms with Crippen LogP contribution in [0.25, 0.3) is 11.1 Å². The fourth-order valence-electron chi connectivity index (χ4n) is 3.78. The number of rotatable bonds is 5. The van der Waals surface area contributed by atoms with E-state index in [1.807, 2.05) is 48.5 Å². The van der Waals surface area contributed by atoms with E-state index in [1.54, 1.807) is 12.1 Å². The number of benzene rings is 3. The largest absolute Gasteiger partial charge is 0.480 e. The van der Waals surface area contributed by atoms with Crippen LogP contribution in [0.2, 0.25) is 0 Å². The quantitative estimate of drug-likeness (QED) is 0.714. The first-order valence-electron chi connectivity index (χ1n) is 9.01. The summed E-state index contributed by atoms with van der Waals surface area (Å²) in [6.45, 7) is 0. The minimum atomic E-state index is -1.22. The summed E-state index contributed by atoms with van der Waals surface area (Å²) in [6, 6.07) is 20.0. The van der Waals surface area contributed by atoms with Crippen molar-refractivity contribution in [3.8, 4) is 11.1 Å². The maximum atomic E-state index is 13.9. The van der Waals surface area contributed by atoms with Crippen LogP contribution in [0.1, 0.15) is 22.6 Å². The maximum absolute atomic E-state index is 13.9. The molecule has 2 N–H and O–H groups in total. The van der Waals surface area contributed by atoms with E-state index in [2.05, 4.69) is 5.32 Å². The summed E-state index contributed by atoms with van der Waals surface area (Å²) < 4.78 is 13.9. The van der Waals surface area contributed by atoms with Gasteiger partial charge in [-0.15, -0.1) is 0 Å². The SMILES string of the molecule is O=C(N[C@@H](Cc1ccccc1F)C(=O)O)C1c2ccccc2-c2ccccc21. The molecule has 0 radical (unpaired) electrons. The molecule has 3 aromatic carbocycles. The highest BCUT2D eigenvalue weighted by molar-refractivity contribution is 5.97. The van der Waals surface area contributed by atoms with Gasteiger partial charge in [0.15, 0.2) is 0 Å². The third-order valence-electron chi connectivity index (χ3n) is 5.09. The molecule has 0 unspecified atom stereocenters. The molecule has 1 amide bonds. The molecule has 0 fully saturated rings. The maximum Gasteiger partial charge on any atom is 0.326 e. The Kier molecular flexibility index (Phi) is 4.65. The molecule has 0 bridgehead atoms. The second kappa shape index (κ2) is 7.27. The standard InChI is InChI=1S/C23H18FNO3/c24-19-12-6-1-7-14(19)13-20(23(27)28)25-22(26)21-17-10-4-2-8-15(17)16-9-3-5-11-18(16)21/h1-12,20-21H,13H2,(H,25,26)(H,27,28)/t20-/m0/s1. The Bertz CT molecular complexity index is 1020. The molecule has 5 heteroatoms. The first kappa shape index (κ1) is 17.9. The van der Waals surface area contributed by atoms with Crippen LogP contribution in [0.15, 0.2) is 72.8 Å². The molecule has 0 aliphatic heterocycles. The number of nitrogens with one attached hydrogen (secondary N) is 1.